The molecule has 0 fully saturated rings. The third-order valence-corrected chi connectivity index (χ3v) is 2.58. The monoisotopic (exact) mass is 279 g/mol. The maximum atomic E-state index is 11.3. The Morgan fingerprint density at radius 1 is 1.00 bits per heavy atom. The maximum absolute atomic E-state index is 11.3. The van der Waals surface area contributed by atoms with Gasteiger partial charge in [0.25, 0.3) is 0 Å². The Balaban J connectivity index is -0.000000292. The summed E-state index contributed by atoms with van der Waals surface area (Å²) < 4.78 is 34.5. The Hall–Kier alpha value is 0.130. The molecule has 0 unspecified atom stereocenters. The van der Waals surface area contributed by atoms with E-state index in [0.717, 1.165) is 0 Å². The van der Waals surface area contributed by atoms with Gasteiger partial charge in [0, 0.05) is 4.57 Å². The molecule has 0 aliphatic carbocycles. The highest BCUT2D eigenvalue weighted by Gasteiger charge is 2.23. The summed E-state index contributed by atoms with van der Waals surface area (Å²) in [4.78, 5) is 14.2. The minimum absolute atomic E-state index is 0. The molecule has 0 aromatic carbocycles. The van der Waals surface area contributed by atoms with Gasteiger partial charge in [-0.05, 0) is 20.8 Å². The Morgan fingerprint density at radius 2 is 1.19 bits per heavy atom. The van der Waals surface area contributed by atoms with E-state index >= 15 is 0 Å². The predicted molar refractivity (Wildman–Crippen MR) is 61.3 cm³/mol. The van der Waals surface area contributed by atoms with Crippen molar-refractivity contribution in [1.29, 1.82) is 0 Å². The van der Waals surface area contributed by atoms with Gasteiger partial charge in [-0.25, -0.2) is 4.57 Å². The largest absolute Gasteiger partial charge is 0.692 e. The standard InChI is InChI=1S/C6H15O4P.CH4.HO3P/c1-4-8-11(7,9-5-2)10-6-3;;1-4(2)3/h4-6H2,1-3H3;1H4;(H-,1,2,3)/p+1. The SMILES string of the molecule is C.CCOP(=O)(OCC)OCC.O=[P+](O)O. The van der Waals surface area contributed by atoms with Crippen LogP contribution in [0.3, 0.4) is 0 Å². The van der Waals surface area contributed by atoms with E-state index in [1.165, 1.54) is 0 Å². The average molecular weight is 279 g/mol. The van der Waals surface area contributed by atoms with Gasteiger partial charge >= 0.3 is 16.1 Å². The van der Waals surface area contributed by atoms with E-state index in [1.807, 2.05) is 0 Å². The molecule has 7 nitrogen and oxygen atoms in total. The van der Waals surface area contributed by atoms with Crippen LogP contribution in [-0.2, 0) is 22.7 Å². The lowest BCUT2D eigenvalue weighted by Gasteiger charge is -2.14. The second-order valence-electron chi connectivity index (χ2n) is 1.95. The van der Waals surface area contributed by atoms with Gasteiger partial charge < -0.3 is 0 Å². The second-order valence-corrected chi connectivity index (χ2v) is 4.13. The quantitative estimate of drug-likeness (QED) is 0.720. The number of phosphoric acid groups is 1. The van der Waals surface area contributed by atoms with Gasteiger partial charge in [-0.1, -0.05) is 7.43 Å². The molecule has 0 amide bonds. The number of phosphoric ester groups is 1. The zero-order chi connectivity index (χ0) is 12.3. The molecule has 0 aliphatic heterocycles. The fraction of sp³-hybridized carbons (Fsp3) is 1.00. The minimum Gasteiger partial charge on any atom is -0.287 e. The van der Waals surface area contributed by atoms with E-state index in [9.17, 15) is 4.57 Å². The maximum Gasteiger partial charge on any atom is 0.692 e. The summed E-state index contributed by atoms with van der Waals surface area (Å²) >= 11 is 0. The fourth-order valence-electron chi connectivity index (χ4n) is 0.586. The van der Waals surface area contributed by atoms with Gasteiger partial charge in [0.2, 0.25) is 0 Å². The number of hydrogen-bond acceptors (Lipinski definition) is 5. The van der Waals surface area contributed by atoms with E-state index in [-0.39, 0.29) is 7.43 Å². The highest BCUT2D eigenvalue weighted by molar-refractivity contribution is 7.48. The summed E-state index contributed by atoms with van der Waals surface area (Å²) in [6.07, 6.45) is 0. The second kappa shape index (κ2) is 13.2. The lowest BCUT2D eigenvalue weighted by Crippen LogP contribution is -1.99. The van der Waals surface area contributed by atoms with Crippen molar-refractivity contribution in [2.24, 2.45) is 0 Å². The summed E-state index contributed by atoms with van der Waals surface area (Å²) in [5.41, 5.74) is 0. The molecule has 0 rings (SSSR count). The van der Waals surface area contributed by atoms with Crippen molar-refractivity contribution in [3.63, 3.8) is 0 Å². The summed E-state index contributed by atoms with van der Waals surface area (Å²) in [5.74, 6) is 0. The van der Waals surface area contributed by atoms with Gasteiger partial charge in [-0.2, -0.15) is 0 Å². The van der Waals surface area contributed by atoms with E-state index in [4.69, 9.17) is 27.9 Å². The molecule has 0 aromatic rings. The first-order chi connectivity index (χ1) is 6.91. The highest BCUT2D eigenvalue weighted by atomic mass is 31.2. The lowest BCUT2D eigenvalue weighted by molar-refractivity contribution is 0.126. The van der Waals surface area contributed by atoms with Gasteiger partial charge in [-0.3, -0.25) is 13.6 Å². The third-order valence-electron chi connectivity index (χ3n) is 0.862. The Kier molecular flexibility index (Phi) is 17.7. The number of hydrogen-bond donors (Lipinski definition) is 2. The van der Waals surface area contributed by atoms with Gasteiger partial charge in [0.1, 0.15) is 0 Å². The van der Waals surface area contributed by atoms with Gasteiger partial charge in [0.15, 0.2) is 0 Å². The molecule has 0 radical (unpaired) electrons. The van der Waals surface area contributed by atoms with Crippen LogP contribution in [0.2, 0.25) is 0 Å². The van der Waals surface area contributed by atoms with Crippen molar-refractivity contribution in [2.75, 3.05) is 19.8 Å². The zero-order valence-electron chi connectivity index (χ0n) is 8.95. The van der Waals surface area contributed by atoms with Crippen molar-refractivity contribution in [1.82, 2.24) is 0 Å². The molecule has 9 heteroatoms. The number of rotatable bonds is 6. The van der Waals surface area contributed by atoms with Crippen molar-refractivity contribution >= 4 is 16.1 Å². The fourth-order valence-corrected chi connectivity index (χ4v) is 1.76. The highest BCUT2D eigenvalue weighted by Crippen LogP contribution is 2.48. The van der Waals surface area contributed by atoms with Crippen LogP contribution in [0.4, 0.5) is 0 Å². The molecule has 2 N–H and O–H groups in total. The topological polar surface area (TPSA) is 102 Å². The zero-order valence-corrected chi connectivity index (χ0v) is 10.7. The smallest absolute Gasteiger partial charge is 0.287 e. The van der Waals surface area contributed by atoms with Gasteiger partial charge in [-0.15, -0.1) is 9.79 Å². The first kappa shape index (κ1) is 21.4. The molecule has 0 saturated carbocycles. The van der Waals surface area contributed by atoms with E-state index in [2.05, 4.69) is 0 Å². The molecule has 0 saturated heterocycles. The van der Waals surface area contributed by atoms with Crippen LogP contribution < -0.4 is 0 Å². The van der Waals surface area contributed by atoms with Crippen LogP contribution in [-0.4, -0.2) is 29.6 Å². The minimum atomic E-state index is -3.22. The van der Waals surface area contributed by atoms with Crippen LogP contribution in [0.1, 0.15) is 28.2 Å². The summed E-state index contributed by atoms with van der Waals surface area (Å²) in [7, 11) is -6.09. The first-order valence-corrected chi connectivity index (χ1v) is 6.93. The molecular weight excluding hydrogens is 258 g/mol. The summed E-state index contributed by atoms with van der Waals surface area (Å²) in [6.45, 7) is 6.21. The van der Waals surface area contributed by atoms with Crippen molar-refractivity contribution in [3.8, 4) is 0 Å². The first-order valence-electron chi connectivity index (χ1n) is 4.30. The normalized spacial score (nSPS) is 9.81. The molecular formula is C7H21O7P2+. The van der Waals surface area contributed by atoms with Crippen LogP contribution in [0.15, 0.2) is 0 Å². The molecule has 16 heavy (non-hydrogen) atoms. The molecule has 0 heterocycles. The lowest BCUT2D eigenvalue weighted by atomic mass is 10.9. The average Bonchev–Trinajstić information content (AvgIpc) is 2.03. The van der Waals surface area contributed by atoms with E-state index in [0.29, 0.717) is 19.8 Å². The van der Waals surface area contributed by atoms with Crippen molar-refractivity contribution in [3.05, 3.63) is 0 Å². The molecule has 0 spiro atoms. The van der Waals surface area contributed by atoms with Crippen LogP contribution in [0.5, 0.6) is 0 Å². The van der Waals surface area contributed by atoms with E-state index in [1.54, 1.807) is 20.8 Å². The van der Waals surface area contributed by atoms with Crippen LogP contribution in [0.25, 0.3) is 0 Å². The Bertz CT molecular complexity index is 181. The molecule has 0 aliphatic rings. The predicted octanol–water partition coefficient (Wildman–Crippen LogP) is 2.47. The molecule has 0 aromatic heterocycles. The van der Waals surface area contributed by atoms with Crippen molar-refractivity contribution in [2.45, 2.75) is 28.2 Å². The van der Waals surface area contributed by atoms with Gasteiger partial charge in [0.05, 0.1) is 19.8 Å². The van der Waals surface area contributed by atoms with Crippen molar-refractivity contribution < 1.29 is 32.5 Å². The molecule has 0 bridgehead atoms. The Labute approximate surface area is 97.3 Å². The van der Waals surface area contributed by atoms with Crippen LogP contribution in [0, 0.1) is 0 Å². The molecule has 0 atom stereocenters. The summed E-state index contributed by atoms with van der Waals surface area (Å²) in [6, 6.07) is 0. The van der Waals surface area contributed by atoms with E-state index < -0.39 is 16.1 Å². The summed E-state index contributed by atoms with van der Waals surface area (Å²) in [5, 5.41) is 0. The third kappa shape index (κ3) is 16.6. The molecule has 100 valence electrons. The van der Waals surface area contributed by atoms with Crippen LogP contribution >= 0.6 is 16.1 Å². The Morgan fingerprint density at radius 3 is 1.31 bits per heavy atom.